The van der Waals surface area contributed by atoms with Gasteiger partial charge in [-0.3, -0.25) is 10.1 Å². The monoisotopic (exact) mass is 363 g/mol. The van der Waals surface area contributed by atoms with E-state index in [9.17, 15) is 9.59 Å². The highest BCUT2D eigenvalue weighted by Crippen LogP contribution is 2.15. The van der Waals surface area contributed by atoms with Crippen molar-refractivity contribution in [2.45, 2.75) is 45.3 Å². The standard InChI is InChI=1S/C18H25N3O3S/c1-18(2,3)24-17(23)21-11-7-10-14(12-21)19-16(25)20-15(22)13-8-5-4-6-9-13/h4-6,8-9,14H,7,10-12H2,1-3H3,(H2,19,20,22,25)/t14-/m1/s1. The fourth-order valence-corrected chi connectivity index (χ4v) is 2.83. The second-order valence-corrected chi connectivity index (χ2v) is 7.47. The van der Waals surface area contributed by atoms with E-state index in [2.05, 4.69) is 10.6 Å². The first kappa shape index (κ1) is 19.2. The lowest BCUT2D eigenvalue weighted by molar-refractivity contribution is 0.0193. The highest BCUT2D eigenvalue weighted by Gasteiger charge is 2.28. The molecule has 136 valence electrons. The average Bonchev–Trinajstić information content (AvgIpc) is 2.54. The number of carbonyl (C=O) groups excluding carboxylic acids is 2. The lowest BCUT2D eigenvalue weighted by atomic mass is 10.1. The molecule has 1 saturated heterocycles. The molecule has 0 aliphatic carbocycles. The zero-order chi connectivity index (χ0) is 18.4. The maximum Gasteiger partial charge on any atom is 0.410 e. The molecule has 2 amide bonds. The summed E-state index contributed by atoms with van der Waals surface area (Å²) in [6, 6.07) is 8.88. The van der Waals surface area contributed by atoms with Gasteiger partial charge < -0.3 is 15.0 Å². The molecule has 0 spiro atoms. The third kappa shape index (κ3) is 6.34. The lowest BCUT2D eigenvalue weighted by Gasteiger charge is -2.34. The van der Waals surface area contributed by atoms with E-state index in [0.717, 1.165) is 12.8 Å². The number of nitrogens with zero attached hydrogens (tertiary/aromatic N) is 1. The van der Waals surface area contributed by atoms with Gasteiger partial charge in [0.15, 0.2) is 5.11 Å². The second kappa shape index (κ2) is 8.29. The summed E-state index contributed by atoms with van der Waals surface area (Å²) in [7, 11) is 0. The van der Waals surface area contributed by atoms with Crippen molar-refractivity contribution in [2.24, 2.45) is 0 Å². The van der Waals surface area contributed by atoms with Gasteiger partial charge in [-0.05, 0) is 58.0 Å². The zero-order valence-electron chi connectivity index (χ0n) is 14.9. The molecule has 1 aromatic rings. The lowest BCUT2D eigenvalue weighted by Crippen LogP contribution is -2.53. The molecule has 0 saturated carbocycles. The van der Waals surface area contributed by atoms with E-state index in [1.54, 1.807) is 29.2 Å². The number of rotatable bonds is 2. The Bertz CT molecular complexity index is 628. The summed E-state index contributed by atoms with van der Waals surface area (Å²) in [6.45, 7) is 6.70. The molecule has 0 bridgehead atoms. The predicted molar refractivity (Wildman–Crippen MR) is 100 cm³/mol. The van der Waals surface area contributed by atoms with Gasteiger partial charge in [-0.1, -0.05) is 18.2 Å². The Morgan fingerprint density at radius 2 is 1.92 bits per heavy atom. The van der Waals surface area contributed by atoms with Crippen molar-refractivity contribution in [3.63, 3.8) is 0 Å². The van der Waals surface area contributed by atoms with Crippen LogP contribution in [0.15, 0.2) is 30.3 Å². The summed E-state index contributed by atoms with van der Waals surface area (Å²) in [4.78, 5) is 26.0. The average molecular weight is 363 g/mol. The van der Waals surface area contributed by atoms with Gasteiger partial charge in [-0.15, -0.1) is 0 Å². The highest BCUT2D eigenvalue weighted by atomic mass is 32.1. The molecule has 1 heterocycles. The van der Waals surface area contributed by atoms with E-state index in [1.165, 1.54) is 0 Å². The molecule has 0 radical (unpaired) electrons. The maximum absolute atomic E-state index is 12.2. The van der Waals surface area contributed by atoms with Gasteiger partial charge in [-0.25, -0.2) is 4.79 Å². The Morgan fingerprint density at radius 3 is 2.56 bits per heavy atom. The van der Waals surface area contributed by atoms with E-state index >= 15 is 0 Å². The number of thiocarbonyl (C=S) groups is 1. The molecular formula is C18H25N3O3S. The van der Waals surface area contributed by atoms with Crippen LogP contribution < -0.4 is 10.6 Å². The summed E-state index contributed by atoms with van der Waals surface area (Å²) in [5.74, 6) is -0.252. The van der Waals surface area contributed by atoms with Gasteiger partial charge in [0.2, 0.25) is 0 Å². The van der Waals surface area contributed by atoms with Crippen LogP contribution in [0.25, 0.3) is 0 Å². The van der Waals surface area contributed by atoms with Crippen LogP contribution in [0.2, 0.25) is 0 Å². The van der Waals surface area contributed by atoms with E-state index in [0.29, 0.717) is 18.7 Å². The molecule has 25 heavy (non-hydrogen) atoms. The molecule has 6 nitrogen and oxygen atoms in total. The van der Waals surface area contributed by atoms with E-state index in [1.807, 2.05) is 26.8 Å². The molecule has 2 N–H and O–H groups in total. The number of amides is 2. The van der Waals surface area contributed by atoms with Crippen LogP contribution in [0.1, 0.15) is 44.0 Å². The molecule has 7 heteroatoms. The third-order valence-corrected chi connectivity index (χ3v) is 3.89. The van der Waals surface area contributed by atoms with Crippen LogP contribution in [0.4, 0.5) is 4.79 Å². The summed E-state index contributed by atoms with van der Waals surface area (Å²) in [5.41, 5.74) is 0.0295. The van der Waals surface area contributed by atoms with E-state index in [-0.39, 0.29) is 23.2 Å². The van der Waals surface area contributed by atoms with Crippen LogP contribution in [0.3, 0.4) is 0 Å². The van der Waals surface area contributed by atoms with E-state index < -0.39 is 5.60 Å². The Morgan fingerprint density at radius 1 is 1.24 bits per heavy atom. The predicted octanol–water partition coefficient (Wildman–Crippen LogP) is 2.69. The molecule has 1 aliphatic rings. The number of nitrogens with one attached hydrogen (secondary N) is 2. The Kier molecular flexibility index (Phi) is 6.36. The number of likely N-dealkylation sites (tertiary alicyclic amines) is 1. The van der Waals surface area contributed by atoms with Crippen LogP contribution in [-0.2, 0) is 4.74 Å². The molecule has 1 aromatic carbocycles. The fraction of sp³-hybridized carbons (Fsp3) is 0.500. The first-order valence-electron chi connectivity index (χ1n) is 8.39. The molecule has 1 atom stereocenters. The van der Waals surface area contributed by atoms with Crippen LogP contribution in [0.5, 0.6) is 0 Å². The Labute approximate surface area is 153 Å². The van der Waals surface area contributed by atoms with E-state index in [4.69, 9.17) is 17.0 Å². The molecule has 2 rings (SSSR count). The number of hydrogen-bond acceptors (Lipinski definition) is 4. The van der Waals surface area contributed by atoms with Crippen molar-refractivity contribution >= 4 is 29.3 Å². The third-order valence-electron chi connectivity index (χ3n) is 3.67. The van der Waals surface area contributed by atoms with Crippen LogP contribution in [-0.4, -0.2) is 46.7 Å². The van der Waals surface area contributed by atoms with Gasteiger partial charge in [0.1, 0.15) is 5.60 Å². The van der Waals surface area contributed by atoms with Crippen LogP contribution in [0, 0.1) is 0 Å². The minimum absolute atomic E-state index is 0.00941. The van der Waals surface area contributed by atoms with Crippen LogP contribution >= 0.6 is 12.2 Å². The fourth-order valence-electron chi connectivity index (χ4n) is 2.57. The number of piperidine rings is 1. The molecule has 1 fully saturated rings. The molecular weight excluding hydrogens is 338 g/mol. The van der Waals surface area contributed by atoms with Crippen molar-refractivity contribution in [3.05, 3.63) is 35.9 Å². The largest absolute Gasteiger partial charge is 0.444 e. The number of carbonyl (C=O) groups is 2. The molecule has 1 aliphatic heterocycles. The topological polar surface area (TPSA) is 70.7 Å². The summed E-state index contributed by atoms with van der Waals surface area (Å²) >= 11 is 5.23. The number of hydrogen-bond donors (Lipinski definition) is 2. The SMILES string of the molecule is CC(C)(C)OC(=O)N1CCC[C@@H](NC(=S)NC(=O)c2ccccc2)C1. The summed E-state index contributed by atoms with van der Waals surface area (Å²) < 4.78 is 5.41. The van der Waals surface area contributed by atoms with Crippen molar-refractivity contribution < 1.29 is 14.3 Å². The second-order valence-electron chi connectivity index (χ2n) is 7.06. The van der Waals surface area contributed by atoms with Gasteiger partial charge in [0, 0.05) is 24.7 Å². The summed E-state index contributed by atoms with van der Waals surface area (Å²) in [6.07, 6.45) is 1.41. The minimum atomic E-state index is -0.517. The smallest absolute Gasteiger partial charge is 0.410 e. The minimum Gasteiger partial charge on any atom is -0.444 e. The Hall–Kier alpha value is -2.15. The van der Waals surface area contributed by atoms with Gasteiger partial charge in [0.25, 0.3) is 5.91 Å². The quantitative estimate of drug-likeness (QED) is 0.791. The van der Waals surface area contributed by atoms with Crippen molar-refractivity contribution in [2.75, 3.05) is 13.1 Å². The maximum atomic E-state index is 12.2. The Balaban J connectivity index is 1.84. The molecule has 0 unspecified atom stereocenters. The summed E-state index contributed by atoms with van der Waals surface area (Å²) in [5, 5.41) is 6.06. The van der Waals surface area contributed by atoms with Crippen molar-refractivity contribution in [3.8, 4) is 0 Å². The first-order valence-corrected chi connectivity index (χ1v) is 8.80. The van der Waals surface area contributed by atoms with Gasteiger partial charge in [-0.2, -0.15) is 0 Å². The van der Waals surface area contributed by atoms with Crippen molar-refractivity contribution in [1.29, 1.82) is 0 Å². The highest BCUT2D eigenvalue weighted by molar-refractivity contribution is 7.80. The zero-order valence-corrected chi connectivity index (χ0v) is 15.7. The normalized spacial score (nSPS) is 17.6. The first-order chi connectivity index (χ1) is 11.7. The number of benzene rings is 1. The number of ether oxygens (including phenoxy) is 1. The van der Waals surface area contributed by atoms with Gasteiger partial charge >= 0.3 is 6.09 Å². The van der Waals surface area contributed by atoms with Crippen molar-refractivity contribution in [1.82, 2.24) is 15.5 Å². The molecule has 0 aromatic heterocycles. The van der Waals surface area contributed by atoms with Gasteiger partial charge in [0.05, 0.1) is 0 Å².